The second-order valence-electron chi connectivity index (χ2n) is 6.22. The molecule has 1 fully saturated rings. The molecule has 1 aliphatic rings. The summed E-state index contributed by atoms with van der Waals surface area (Å²) < 4.78 is 0. The summed E-state index contributed by atoms with van der Waals surface area (Å²) in [5.41, 5.74) is 8.15. The second-order valence-corrected chi connectivity index (χ2v) is 6.22. The van der Waals surface area contributed by atoms with Crippen molar-refractivity contribution in [3.05, 3.63) is 29.8 Å². The van der Waals surface area contributed by atoms with Crippen molar-refractivity contribution in [3.8, 4) is 0 Å². The topological polar surface area (TPSA) is 46.3 Å². The normalized spacial score (nSPS) is 22.3. The molecule has 1 atom stereocenters. The maximum absolute atomic E-state index is 11.5. The number of rotatable bonds is 3. The maximum atomic E-state index is 11.5. The summed E-state index contributed by atoms with van der Waals surface area (Å²) >= 11 is 0. The van der Waals surface area contributed by atoms with Gasteiger partial charge in [0.05, 0.1) is 0 Å². The zero-order valence-corrected chi connectivity index (χ0v) is 12.1. The molecular weight excluding hydrogens is 236 g/mol. The number of piperidine rings is 1. The van der Waals surface area contributed by atoms with Crippen LogP contribution in [0.4, 0.5) is 5.69 Å². The third kappa shape index (κ3) is 2.98. The average molecular weight is 260 g/mol. The lowest BCUT2D eigenvalue weighted by molar-refractivity contribution is 0.101. The molecule has 0 bridgehead atoms. The van der Waals surface area contributed by atoms with Gasteiger partial charge in [0.25, 0.3) is 0 Å². The first-order valence-corrected chi connectivity index (χ1v) is 7.00. The smallest absolute Gasteiger partial charge is 0.159 e. The summed E-state index contributed by atoms with van der Waals surface area (Å²) in [6.45, 7) is 8.94. The van der Waals surface area contributed by atoms with Gasteiger partial charge in [0, 0.05) is 24.3 Å². The van der Waals surface area contributed by atoms with E-state index in [0.717, 1.165) is 37.3 Å². The number of hydrogen-bond acceptors (Lipinski definition) is 3. The van der Waals surface area contributed by atoms with Crippen LogP contribution in [0, 0.1) is 11.3 Å². The van der Waals surface area contributed by atoms with Gasteiger partial charge in [0.15, 0.2) is 5.78 Å². The van der Waals surface area contributed by atoms with E-state index in [4.69, 9.17) is 5.73 Å². The van der Waals surface area contributed by atoms with Gasteiger partial charge in [-0.15, -0.1) is 0 Å². The predicted octanol–water partition coefficient (Wildman–Crippen LogP) is 2.70. The summed E-state index contributed by atoms with van der Waals surface area (Å²) in [5.74, 6) is 0.622. The van der Waals surface area contributed by atoms with E-state index < -0.39 is 0 Å². The van der Waals surface area contributed by atoms with Crippen molar-refractivity contribution in [2.75, 3.05) is 24.5 Å². The van der Waals surface area contributed by atoms with E-state index in [0.29, 0.717) is 11.3 Å². The number of hydrogen-bond donors (Lipinski definition) is 1. The highest BCUT2D eigenvalue weighted by Gasteiger charge is 2.34. The van der Waals surface area contributed by atoms with E-state index in [1.807, 2.05) is 18.2 Å². The van der Waals surface area contributed by atoms with Crippen LogP contribution in [0.2, 0.25) is 0 Å². The minimum atomic E-state index is 0.120. The standard InChI is InChI=1S/C16H24N2O/c1-12(19)13-5-4-6-15(9-13)18-8-7-16(2,3)14(10-17)11-18/h4-6,9,14H,7-8,10-11,17H2,1-3H3. The molecule has 0 spiro atoms. The fourth-order valence-corrected chi connectivity index (χ4v) is 2.78. The SMILES string of the molecule is CC(=O)c1cccc(N2CCC(C)(C)C(CN)C2)c1. The fourth-order valence-electron chi connectivity index (χ4n) is 2.78. The summed E-state index contributed by atoms with van der Waals surface area (Å²) in [6.07, 6.45) is 1.14. The molecule has 1 heterocycles. The average Bonchev–Trinajstić information content (AvgIpc) is 2.38. The highest BCUT2D eigenvalue weighted by atomic mass is 16.1. The lowest BCUT2D eigenvalue weighted by Crippen LogP contribution is -2.47. The lowest BCUT2D eigenvalue weighted by Gasteiger charge is -2.44. The Hall–Kier alpha value is -1.35. The molecule has 0 saturated carbocycles. The third-order valence-electron chi connectivity index (χ3n) is 4.47. The Balaban J connectivity index is 2.19. The molecule has 0 aliphatic carbocycles. The first kappa shape index (κ1) is 14.1. The molecule has 0 amide bonds. The van der Waals surface area contributed by atoms with E-state index in [-0.39, 0.29) is 5.78 Å². The molecule has 1 saturated heterocycles. The minimum Gasteiger partial charge on any atom is -0.371 e. The molecule has 2 N–H and O–H groups in total. The Kier molecular flexibility index (Phi) is 3.95. The highest BCUT2D eigenvalue weighted by Crippen LogP contribution is 2.36. The van der Waals surface area contributed by atoms with Crippen molar-refractivity contribution >= 4 is 11.5 Å². The highest BCUT2D eigenvalue weighted by molar-refractivity contribution is 5.94. The van der Waals surface area contributed by atoms with E-state index >= 15 is 0 Å². The molecule has 1 aliphatic heterocycles. The lowest BCUT2D eigenvalue weighted by atomic mass is 9.73. The zero-order chi connectivity index (χ0) is 14.0. The predicted molar refractivity (Wildman–Crippen MR) is 79.6 cm³/mol. The first-order valence-electron chi connectivity index (χ1n) is 7.00. The maximum Gasteiger partial charge on any atom is 0.159 e. The van der Waals surface area contributed by atoms with Gasteiger partial charge in [-0.3, -0.25) is 4.79 Å². The largest absolute Gasteiger partial charge is 0.371 e. The van der Waals surface area contributed by atoms with E-state index in [9.17, 15) is 4.79 Å². The molecular formula is C16H24N2O. The quantitative estimate of drug-likeness (QED) is 0.850. The summed E-state index contributed by atoms with van der Waals surface area (Å²) in [6, 6.07) is 7.91. The van der Waals surface area contributed by atoms with Gasteiger partial charge in [-0.2, -0.15) is 0 Å². The molecule has 19 heavy (non-hydrogen) atoms. The van der Waals surface area contributed by atoms with Gasteiger partial charge in [0.1, 0.15) is 0 Å². The Morgan fingerprint density at radius 3 is 2.84 bits per heavy atom. The van der Waals surface area contributed by atoms with Crippen LogP contribution in [0.1, 0.15) is 37.6 Å². The van der Waals surface area contributed by atoms with Crippen LogP contribution < -0.4 is 10.6 Å². The molecule has 2 rings (SSSR count). The van der Waals surface area contributed by atoms with Gasteiger partial charge in [-0.05, 0) is 43.4 Å². The number of ketones is 1. The molecule has 1 aromatic rings. The first-order chi connectivity index (χ1) is 8.94. The fraction of sp³-hybridized carbons (Fsp3) is 0.562. The van der Waals surface area contributed by atoms with Crippen LogP contribution in [-0.4, -0.2) is 25.4 Å². The number of anilines is 1. The minimum absolute atomic E-state index is 0.120. The van der Waals surface area contributed by atoms with Gasteiger partial charge in [-0.25, -0.2) is 0 Å². The molecule has 1 aromatic carbocycles. The van der Waals surface area contributed by atoms with Crippen LogP contribution in [0.15, 0.2) is 24.3 Å². The molecule has 0 aromatic heterocycles. The van der Waals surface area contributed by atoms with E-state index in [1.165, 1.54) is 0 Å². The second kappa shape index (κ2) is 5.33. The van der Waals surface area contributed by atoms with Crippen molar-refractivity contribution < 1.29 is 4.79 Å². The van der Waals surface area contributed by atoms with Crippen molar-refractivity contribution in [2.24, 2.45) is 17.1 Å². The Morgan fingerprint density at radius 2 is 2.21 bits per heavy atom. The number of nitrogens with two attached hydrogens (primary N) is 1. The van der Waals surface area contributed by atoms with E-state index in [2.05, 4.69) is 24.8 Å². The molecule has 0 radical (unpaired) electrons. The van der Waals surface area contributed by atoms with Crippen LogP contribution in [0.3, 0.4) is 0 Å². The van der Waals surface area contributed by atoms with Crippen molar-refractivity contribution in [1.82, 2.24) is 0 Å². The van der Waals surface area contributed by atoms with Crippen molar-refractivity contribution in [3.63, 3.8) is 0 Å². The van der Waals surface area contributed by atoms with Crippen LogP contribution >= 0.6 is 0 Å². The number of nitrogens with zero attached hydrogens (tertiary/aromatic N) is 1. The van der Waals surface area contributed by atoms with Crippen LogP contribution in [0.5, 0.6) is 0 Å². The van der Waals surface area contributed by atoms with Gasteiger partial charge in [0.2, 0.25) is 0 Å². The summed E-state index contributed by atoms with van der Waals surface area (Å²) in [7, 11) is 0. The number of benzene rings is 1. The van der Waals surface area contributed by atoms with E-state index in [1.54, 1.807) is 6.92 Å². The van der Waals surface area contributed by atoms with Gasteiger partial charge >= 0.3 is 0 Å². The number of Topliss-reactive ketones (excluding diaryl/α,β-unsaturated/α-hetero) is 1. The molecule has 104 valence electrons. The Bertz CT molecular complexity index is 468. The number of carbonyl (C=O) groups excluding carboxylic acids is 1. The summed E-state index contributed by atoms with van der Waals surface area (Å²) in [4.78, 5) is 13.8. The Labute approximate surface area is 115 Å². The van der Waals surface area contributed by atoms with Crippen LogP contribution in [0.25, 0.3) is 0 Å². The van der Waals surface area contributed by atoms with Crippen molar-refractivity contribution in [1.29, 1.82) is 0 Å². The summed E-state index contributed by atoms with van der Waals surface area (Å²) in [5, 5.41) is 0. The van der Waals surface area contributed by atoms with Crippen LogP contribution in [-0.2, 0) is 0 Å². The van der Waals surface area contributed by atoms with Gasteiger partial charge < -0.3 is 10.6 Å². The third-order valence-corrected chi connectivity index (χ3v) is 4.47. The number of carbonyl (C=O) groups is 1. The monoisotopic (exact) mass is 260 g/mol. The Morgan fingerprint density at radius 1 is 1.47 bits per heavy atom. The molecule has 1 unspecified atom stereocenters. The molecule has 3 nitrogen and oxygen atoms in total. The van der Waals surface area contributed by atoms with Gasteiger partial charge in [-0.1, -0.05) is 26.0 Å². The van der Waals surface area contributed by atoms with Crippen molar-refractivity contribution in [2.45, 2.75) is 27.2 Å². The molecule has 3 heteroatoms. The zero-order valence-electron chi connectivity index (χ0n) is 12.1.